The van der Waals surface area contributed by atoms with Gasteiger partial charge in [-0.3, -0.25) is 0 Å². The van der Waals surface area contributed by atoms with Crippen LogP contribution >= 0.6 is 0 Å². The van der Waals surface area contributed by atoms with E-state index in [1.54, 1.807) is 24.3 Å². The van der Waals surface area contributed by atoms with E-state index in [2.05, 4.69) is 9.98 Å². The van der Waals surface area contributed by atoms with E-state index in [1.165, 1.54) is 0 Å². The van der Waals surface area contributed by atoms with Crippen LogP contribution in [-0.4, -0.2) is 12.2 Å². The Balaban J connectivity index is 2.28. The monoisotopic (exact) mass is 312 g/mol. The molecule has 0 spiro atoms. The second kappa shape index (κ2) is 7.12. The van der Waals surface area contributed by atoms with Crippen LogP contribution < -0.4 is 0 Å². The van der Waals surface area contributed by atoms with Gasteiger partial charge in [0.05, 0.1) is 11.4 Å². The fourth-order valence-corrected chi connectivity index (χ4v) is 2.65. The van der Waals surface area contributed by atoms with Crippen molar-refractivity contribution in [3.05, 3.63) is 72.8 Å². The van der Waals surface area contributed by atoms with Gasteiger partial charge >= 0.3 is 0 Å². The standard InChI is InChI=1S/C20H12N2O2/c23-13-21-19-11-5-3-9-17(19)15-7-1-2-8-16(15)18-10-4-6-12-20(18)22-14-24/h1-12H. The van der Waals surface area contributed by atoms with E-state index in [0.29, 0.717) is 11.4 Å². The van der Waals surface area contributed by atoms with Crippen molar-refractivity contribution in [1.82, 2.24) is 0 Å². The molecule has 0 unspecified atom stereocenters. The van der Waals surface area contributed by atoms with E-state index in [1.807, 2.05) is 60.7 Å². The molecule has 0 fully saturated rings. The first-order valence-corrected chi connectivity index (χ1v) is 7.28. The largest absolute Gasteiger partial charge is 0.240 e. The third kappa shape index (κ3) is 2.96. The van der Waals surface area contributed by atoms with Crippen LogP contribution in [-0.2, 0) is 9.59 Å². The van der Waals surface area contributed by atoms with Crippen LogP contribution in [0.2, 0.25) is 0 Å². The van der Waals surface area contributed by atoms with Gasteiger partial charge in [0, 0.05) is 11.1 Å². The summed E-state index contributed by atoms with van der Waals surface area (Å²) in [5, 5.41) is 0. The zero-order valence-electron chi connectivity index (χ0n) is 12.6. The highest BCUT2D eigenvalue weighted by Gasteiger charge is 2.12. The van der Waals surface area contributed by atoms with E-state index in [4.69, 9.17) is 0 Å². The summed E-state index contributed by atoms with van der Waals surface area (Å²) in [5.74, 6) is 0. The second-order valence-electron chi connectivity index (χ2n) is 4.99. The SMILES string of the molecule is O=C=Nc1ccccc1-c1ccccc1-c1ccccc1N=C=O. The minimum Gasteiger partial charge on any atom is -0.211 e. The van der Waals surface area contributed by atoms with Gasteiger partial charge < -0.3 is 0 Å². The Hall–Kier alpha value is -3.58. The van der Waals surface area contributed by atoms with Crippen molar-refractivity contribution in [2.24, 2.45) is 9.98 Å². The van der Waals surface area contributed by atoms with Crippen molar-refractivity contribution < 1.29 is 9.59 Å². The second-order valence-corrected chi connectivity index (χ2v) is 4.99. The topological polar surface area (TPSA) is 58.9 Å². The molecule has 0 atom stereocenters. The predicted molar refractivity (Wildman–Crippen MR) is 92.9 cm³/mol. The lowest BCUT2D eigenvalue weighted by atomic mass is 9.93. The Morgan fingerprint density at radius 2 is 0.833 bits per heavy atom. The zero-order valence-corrected chi connectivity index (χ0v) is 12.6. The van der Waals surface area contributed by atoms with Gasteiger partial charge in [0.2, 0.25) is 12.2 Å². The Labute approximate surface area is 138 Å². The summed E-state index contributed by atoms with van der Waals surface area (Å²) in [4.78, 5) is 29.0. The summed E-state index contributed by atoms with van der Waals surface area (Å²) < 4.78 is 0. The number of benzene rings is 3. The van der Waals surface area contributed by atoms with Crippen LogP contribution in [0.3, 0.4) is 0 Å². The summed E-state index contributed by atoms with van der Waals surface area (Å²) >= 11 is 0. The lowest BCUT2D eigenvalue weighted by Crippen LogP contribution is -1.86. The molecule has 0 heterocycles. The number of nitrogens with zero attached hydrogens (tertiary/aromatic N) is 2. The molecule has 0 N–H and O–H groups in total. The molecule has 4 heteroatoms. The highest BCUT2D eigenvalue weighted by atomic mass is 16.1. The molecule has 24 heavy (non-hydrogen) atoms. The van der Waals surface area contributed by atoms with Crippen LogP contribution in [0.15, 0.2) is 82.8 Å². The van der Waals surface area contributed by atoms with Crippen molar-refractivity contribution >= 4 is 23.5 Å². The number of rotatable bonds is 4. The fraction of sp³-hybridized carbons (Fsp3) is 0. The molecule has 0 aliphatic heterocycles. The first kappa shape index (κ1) is 15.3. The molecule has 0 radical (unpaired) electrons. The normalized spacial score (nSPS) is 9.67. The van der Waals surface area contributed by atoms with Gasteiger partial charge in [0.25, 0.3) is 0 Å². The molecular formula is C20H12N2O2. The first-order chi connectivity index (χ1) is 11.8. The molecule has 3 aromatic carbocycles. The zero-order chi connectivity index (χ0) is 16.8. The summed E-state index contributed by atoms with van der Waals surface area (Å²) in [6, 6.07) is 22.4. The van der Waals surface area contributed by atoms with Crippen LogP contribution in [0.1, 0.15) is 0 Å². The van der Waals surface area contributed by atoms with Crippen molar-refractivity contribution in [2.45, 2.75) is 0 Å². The maximum atomic E-state index is 10.7. The van der Waals surface area contributed by atoms with Gasteiger partial charge in [-0.2, -0.15) is 9.98 Å². The van der Waals surface area contributed by atoms with Gasteiger partial charge in [-0.15, -0.1) is 0 Å². The van der Waals surface area contributed by atoms with Crippen LogP contribution in [0.25, 0.3) is 22.3 Å². The molecule has 3 rings (SSSR count). The summed E-state index contributed by atoms with van der Waals surface area (Å²) in [5.41, 5.74) is 4.47. The average Bonchev–Trinajstić information content (AvgIpc) is 2.63. The molecular weight excluding hydrogens is 300 g/mol. The molecule has 0 saturated heterocycles. The highest BCUT2D eigenvalue weighted by Crippen LogP contribution is 2.40. The molecule has 0 amide bonds. The minimum absolute atomic E-state index is 0.538. The van der Waals surface area contributed by atoms with Gasteiger partial charge in [-0.25, -0.2) is 9.59 Å². The third-order valence-corrected chi connectivity index (χ3v) is 3.65. The number of para-hydroxylation sites is 2. The van der Waals surface area contributed by atoms with E-state index in [-0.39, 0.29) is 0 Å². The van der Waals surface area contributed by atoms with Crippen molar-refractivity contribution in [3.63, 3.8) is 0 Å². The molecule has 0 bridgehead atoms. The summed E-state index contributed by atoms with van der Waals surface area (Å²) in [6.45, 7) is 0. The molecule has 0 saturated carbocycles. The smallest absolute Gasteiger partial charge is 0.211 e. The maximum Gasteiger partial charge on any atom is 0.240 e. The Bertz CT molecular complexity index is 902. The van der Waals surface area contributed by atoms with Crippen molar-refractivity contribution in [2.75, 3.05) is 0 Å². The number of carbonyl (C=O) groups excluding carboxylic acids is 2. The molecule has 114 valence electrons. The Morgan fingerprint density at radius 3 is 1.21 bits per heavy atom. The quantitative estimate of drug-likeness (QED) is 0.505. The fourth-order valence-electron chi connectivity index (χ4n) is 2.65. The number of hydrogen-bond acceptors (Lipinski definition) is 4. The van der Waals surface area contributed by atoms with E-state index in [0.717, 1.165) is 22.3 Å². The molecule has 4 nitrogen and oxygen atoms in total. The minimum atomic E-state index is 0.538. The Morgan fingerprint density at radius 1 is 0.500 bits per heavy atom. The summed E-state index contributed by atoms with van der Waals surface area (Å²) in [6.07, 6.45) is 3.18. The lowest BCUT2D eigenvalue weighted by molar-refractivity contribution is 0.564. The van der Waals surface area contributed by atoms with Crippen LogP contribution in [0.5, 0.6) is 0 Å². The number of aliphatic imine (C=N–C) groups is 2. The lowest BCUT2D eigenvalue weighted by Gasteiger charge is -2.12. The first-order valence-electron chi connectivity index (χ1n) is 7.28. The third-order valence-electron chi connectivity index (χ3n) is 3.65. The van der Waals surface area contributed by atoms with Crippen molar-refractivity contribution in [3.8, 4) is 22.3 Å². The molecule has 3 aromatic rings. The van der Waals surface area contributed by atoms with Crippen LogP contribution in [0.4, 0.5) is 11.4 Å². The Kier molecular flexibility index (Phi) is 4.55. The number of isocyanates is 2. The van der Waals surface area contributed by atoms with E-state index in [9.17, 15) is 9.59 Å². The number of hydrogen-bond donors (Lipinski definition) is 0. The van der Waals surface area contributed by atoms with Gasteiger partial charge in [-0.1, -0.05) is 60.7 Å². The average molecular weight is 312 g/mol. The van der Waals surface area contributed by atoms with E-state index < -0.39 is 0 Å². The van der Waals surface area contributed by atoms with Gasteiger partial charge in [-0.05, 0) is 23.3 Å². The van der Waals surface area contributed by atoms with Gasteiger partial charge in [0.15, 0.2) is 0 Å². The van der Waals surface area contributed by atoms with Gasteiger partial charge in [0.1, 0.15) is 0 Å². The summed E-state index contributed by atoms with van der Waals surface area (Å²) in [7, 11) is 0. The van der Waals surface area contributed by atoms with Crippen LogP contribution in [0, 0.1) is 0 Å². The highest BCUT2D eigenvalue weighted by molar-refractivity contribution is 5.92. The molecule has 0 aliphatic carbocycles. The molecule has 0 aromatic heterocycles. The maximum absolute atomic E-state index is 10.7. The molecule has 0 aliphatic rings. The predicted octanol–water partition coefficient (Wildman–Crippen LogP) is 4.96. The van der Waals surface area contributed by atoms with E-state index >= 15 is 0 Å². The van der Waals surface area contributed by atoms with Crippen molar-refractivity contribution in [1.29, 1.82) is 0 Å².